The van der Waals surface area contributed by atoms with Crippen LogP contribution in [-0.4, -0.2) is 99.3 Å². The quantitative estimate of drug-likeness (QED) is 0.0656. The van der Waals surface area contributed by atoms with E-state index in [4.69, 9.17) is 14.8 Å². The van der Waals surface area contributed by atoms with Crippen molar-refractivity contribution in [2.45, 2.75) is 83.6 Å². The fourth-order valence-electron chi connectivity index (χ4n) is 11.7. The number of likely N-dealkylation sites (tertiary alicyclic amines) is 1. The first-order valence-corrected chi connectivity index (χ1v) is 27.1. The van der Waals surface area contributed by atoms with Crippen molar-refractivity contribution in [3.8, 4) is 16.9 Å². The Balaban J connectivity index is 0.632. The molecule has 0 saturated carbocycles. The summed E-state index contributed by atoms with van der Waals surface area (Å²) >= 11 is 1.44. The van der Waals surface area contributed by atoms with Crippen molar-refractivity contribution in [1.29, 1.82) is 0 Å². The van der Waals surface area contributed by atoms with Crippen LogP contribution < -0.4 is 25.2 Å². The van der Waals surface area contributed by atoms with E-state index >= 15 is 0 Å². The number of nitrogens with one attached hydrogen (secondary N) is 2. The number of aromatic carboxylic acids is 1. The monoisotopic (exact) mass is 1010 g/mol. The van der Waals surface area contributed by atoms with Crippen LogP contribution in [0.4, 0.5) is 16.6 Å². The lowest BCUT2D eigenvalue weighted by Gasteiger charge is -2.36. The zero-order valence-corrected chi connectivity index (χ0v) is 43.0. The highest BCUT2D eigenvalue weighted by Gasteiger charge is 2.33. The third-order valence-corrected chi connectivity index (χ3v) is 17.0. The van der Waals surface area contributed by atoms with Crippen molar-refractivity contribution in [3.63, 3.8) is 0 Å². The molecule has 4 aliphatic heterocycles. The third kappa shape index (κ3) is 10.3. The summed E-state index contributed by atoms with van der Waals surface area (Å²) in [5, 5.41) is 22.2. The molecule has 74 heavy (non-hydrogen) atoms. The Bertz CT molecular complexity index is 3230. The molecule has 11 rings (SSSR count). The average molecular weight is 1010 g/mol. The van der Waals surface area contributed by atoms with Crippen LogP contribution in [0.3, 0.4) is 0 Å². The Morgan fingerprint density at radius 1 is 0.824 bits per heavy atom. The number of thiazole rings is 1. The summed E-state index contributed by atoms with van der Waals surface area (Å²) in [4.78, 5) is 67.4. The first-order chi connectivity index (χ1) is 36.0. The molecule has 1 atom stereocenters. The summed E-state index contributed by atoms with van der Waals surface area (Å²) in [6.45, 7) is 9.14. The zero-order chi connectivity index (χ0) is 50.9. The molecular weight excluding hydrogens is 951 g/mol. The van der Waals surface area contributed by atoms with Crippen molar-refractivity contribution < 1.29 is 29.0 Å². The van der Waals surface area contributed by atoms with Crippen LogP contribution in [0.25, 0.3) is 32.2 Å². The lowest BCUT2D eigenvalue weighted by molar-refractivity contribution is -0.134. The maximum absolute atomic E-state index is 13.7. The van der Waals surface area contributed by atoms with E-state index in [0.29, 0.717) is 67.0 Å². The molecule has 3 N–H and O–H groups in total. The van der Waals surface area contributed by atoms with Gasteiger partial charge >= 0.3 is 5.97 Å². The number of fused-ring (bicyclic) bond motifs is 3. The molecule has 0 spiro atoms. The number of amides is 3. The van der Waals surface area contributed by atoms with Crippen molar-refractivity contribution >= 4 is 72.8 Å². The minimum Gasteiger partial charge on any atom is -0.493 e. The lowest BCUT2D eigenvalue weighted by atomic mass is 9.90. The highest BCUT2D eigenvalue weighted by atomic mass is 32.1. The molecule has 1 unspecified atom stereocenters. The number of anilines is 3. The summed E-state index contributed by atoms with van der Waals surface area (Å²) in [6.07, 6.45) is 9.63. The van der Waals surface area contributed by atoms with Gasteiger partial charge in [-0.05, 0) is 173 Å². The van der Waals surface area contributed by atoms with Gasteiger partial charge in [0.1, 0.15) is 11.6 Å². The maximum Gasteiger partial charge on any atom is 0.355 e. The average Bonchev–Trinajstić information content (AvgIpc) is 3.98. The van der Waals surface area contributed by atoms with Crippen molar-refractivity contribution in [3.05, 3.63) is 125 Å². The topological polar surface area (TPSA) is 175 Å². The summed E-state index contributed by atoms with van der Waals surface area (Å²) in [6, 6.07) is 29.6. The van der Waals surface area contributed by atoms with Crippen LogP contribution in [0, 0.1) is 18.8 Å². The zero-order valence-electron chi connectivity index (χ0n) is 42.1. The Morgan fingerprint density at radius 3 is 2.43 bits per heavy atom. The highest BCUT2D eigenvalue weighted by molar-refractivity contribution is 7.22. The van der Waals surface area contributed by atoms with E-state index in [0.717, 1.165) is 106 Å². The van der Waals surface area contributed by atoms with E-state index < -0.39 is 11.9 Å². The number of carbonyl (C=O) groups excluding carboxylic acids is 3. The van der Waals surface area contributed by atoms with E-state index in [1.165, 1.54) is 49.1 Å². The number of piperidine rings is 3. The lowest BCUT2D eigenvalue weighted by Crippen LogP contribution is -2.39. The number of aromatic nitrogens is 4. The fourth-order valence-corrected chi connectivity index (χ4v) is 12.6. The number of nitrogens with zero attached hydrogens (tertiary/aromatic N) is 7. The van der Waals surface area contributed by atoms with E-state index in [9.17, 15) is 24.3 Å². The van der Waals surface area contributed by atoms with Gasteiger partial charge in [-0.3, -0.25) is 29.7 Å². The molecule has 0 radical (unpaired) electrons. The minimum absolute atomic E-state index is 0.0204. The largest absolute Gasteiger partial charge is 0.493 e. The van der Waals surface area contributed by atoms with Crippen LogP contribution >= 0.6 is 11.3 Å². The van der Waals surface area contributed by atoms with Gasteiger partial charge in [-0.2, -0.15) is 5.10 Å². The maximum atomic E-state index is 13.7. The molecule has 3 amide bonds. The predicted molar refractivity (Wildman–Crippen MR) is 289 cm³/mol. The molecule has 0 aliphatic carbocycles. The number of benzene rings is 4. The van der Waals surface area contributed by atoms with Crippen molar-refractivity contribution in [1.82, 2.24) is 30.0 Å². The molecule has 382 valence electrons. The van der Waals surface area contributed by atoms with Gasteiger partial charge in [0.25, 0.3) is 5.91 Å². The molecule has 7 heterocycles. The summed E-state index contributed by atoms with van der Waals surface area (Å²) in [5.74, 6) is 0.522. The van der Waals surface area contributed by atoms with E-state index in [-0.39, 0.29) is 23.4 Å². The van der Waals surface area contributed by atoms with Gasteiger partial charge in [0.05, 0.1) is 34.0 Å². The van der Waals surface area contributed by atoms with Gasteiger partial charge in [0.2, 0.25) is 11.8 Å². The van der Waals surface area contributed by atoms with Crippen LogP contribution in [0.2, 0.25) is 0 Å². The molecule has 4 aromatic carbocycles. The van der Waals surface area contributed by atoms with Gasteiger partial charge < -0.3 is 24.5 Å². The van der Waals surface area contributed by atoms with Gasteiger partial charge in [-0.25, -0.2) is 14.8 Å². The Hall–Kier alpha value is -7.17. The molecule has 0 bridgehead atoms. The van der Waals surface area contributed by atoms with Crippen molar-refractivity contribution in [2.24, 2.45) is 18.9 Å². The molecule has 3 saturated heterocycles. The number of imide groups is 1. The second-order valence-electron chi connectivity index (χ2n) is 20.6. The van der Waals surface area contributed by atoms with Gasteiger partial charge in [-0.1, -0.05) is 47.7 Å². The molecule has 4 aliphatic rings. The van der Waals surface area contributed by atoms with Gasteiger partial charge in [-0.15, -0.1) is 0 Å². The summed E-state index contributed by atoms with van der Waals surface area (Å²) in [5.41, 5.74) is 8.54. The molecule has 7 aromatic rings. The van der Waals surface area contributed by atoms with Crippen molar-refractivity contribution in [2.75, 3.05) is 61.0 Å². The number of para-hydroxylation sites is 1. The van der Waals surface area contributed by atoms with E-state index in [1.54, 1.807) is 0 Å². The van der Waals surface area contributed by atoms with Crippen LogP contribution in [0.15, 0.2) is 91.0 Å². The smallest absolute Gasteiger partial charge is 0.355 e. The first-order valence-electron chi connectivity index (χ1n) is 26.3. The normalized spacial score (nSPS) is 17.9. The van der Waals surface area contributed by atoms with Gasteiger partial charge in [0.15, 0.2) is 10.8 Å². The Labute approximate surface area is 434 Å². The minimum atomic E-state index is -1.10. The predicted octanol–water partition coefficient (Wildman–Crippen LogP) is 9.76. The van der Waals surface area contributed by atoms with Crippen LogP contribution in [0.1, 0.15) is 107 Å². The molecule has 16 heteroatoms. The number of hydrogen-bond acceptors (Lipinski definition) is 12. The molecular formula is C58H63N9O6S. The molecule has 15 nitrogen and oxygen atoms in total. The Morgan fingerprint density at radius 2 is 1.62 bits per heavy atom. The number of carboxylic acids is 1. The van der Waals surface area contributed by atoms with Gasteiger partial charge in [0, 0.05) is 61.8 Å². The summed E-state index contributed by atoms with van der Waals surface area (Å²) < 4.78 is 9.26. The number of carboxylic acid groups (broad SMARTS) is 1. The first kappa shape index (κ1) is 49.1. The molecule has 3 aromatic heterocycles. The second-order valence-corrected chi connectivity index (χ2v) is 21.6. The highest BCUT2D eigenvalue weighted by Crippen LogP contribution is 2.37. The number of carbonyl (C=O) groups is 4. The Kier molecular flexibility index (Phi) is 14.2. The second kappa shape index (κ2) is 21.4. The number of rotatable bonds is 15. The number of aryl methyl sites for hydroxylation is 1. The van der Waals surface area contributed by atoms with E-state index in [1.807, 2.05) is 96.3 Å². The summed E-state index contributed by atoms with van der Waals surface area (Å²) in [7, 11) is 1.93. The molecule has 3 fully saturated rings. The third-order valence-electron chi connectivity index (χ3n) is 16.0. The van der Waals surface area contributed by atoms with Crippen LogP contribution in [0.5, 0.6) is 5.75 Å². The number of ether oxygens (including phenoxy) is 1. The standard InChI is InChI=1S/C58H63N9O6S/c1-36-41(42-17-19-51(60-54(42)57(71)72)67-32-26-39-9-5-11-43(46(39)35-67)55(69)62-58-59-47-12-3-4-14-50(47)74-58)10-6-13-49(36)73-33-7-8-37-21-27-65(28-22-37)29-23-38-24-30-66(31-25-38)40-15-16-44-48(34-40)64(2)63-53(44)45-18-20-52(68)61-56(45)70/h3-6,9-17,19,34,37-38,45H,7-8,18,20-33,35H2,1-2H3,(H,71,72)(H,59,62,69)(H,61,68,70). The SMILES string of the molecule is Cc1c(OCCCC2CCN(CCC3CCN(c4ccc5c(C6CCC(=O)NC6=O)nn(C)c5c4)CC3)CC2)cccc1-c1ccc(N2CCc3cccc(C(=O)Nc4nc5ccccc5s4)c3C2)nc1C(=O)O. The van der Waals surface area contributed by atoms with Crippen LogP contribution in [-0.2, 0) is 29.6 Å². The number of pyridine rings is 1. The number of hydrogen-bond donors (Lipinski definition) is 3. The fraction of sp³-hybridized carbons (Fsp3) is 0.397. The van der Waals surface area contributed by atoms with E-state index in [2.05, 4.69) is 43.6 Å².